The van der Waals surface area contributed by atoms with Crippen molar-refractivity contribution in [1.82, 2.24) is 15.1 Å². The van der Waals surface area contributed by atoms with E-state index in [9.17, 15) is 9.59 Å². The zero-order valence-corrected chi connectivity index (χ0v) is 15.4. The van der Waals surface area contributed by atoms with Gasteiger partial charge in [0, 0.05) is 18.4 Å². The normalized spacial score (nSPS) is 16.5. The summed E-state index contributed by atoms with van der Waals surface area (Å²) in [5.41, 5.74) is 0.897. The third-order valence-corrected chi connectivity index (χ3v) is 4.66. The molecule has 3 rings (SSSR count). The Balaban J connectivity index is 1.47. The summed E-state index contributed by atoms with van der Waals surface area (Å²) in [6.45, 7) is 1.27. The standard InChI is InChI=1S/C17H18Cl2N4O3/c18-14-4-3-11(6-15(14)19)17(25)20-8-16(24)22-12-7-21-23(9-12)10-13-2-1-5-26-13/h3-4,6-7,9,13H,1-2,5,8,10H2,(H,20,25)(H,22,24). The highest BCUT2D eigenvalue weighted by Crippen LogP contribution is 2.22. The maximum atomic E-state index is 12.0. The first-order chi connectivity index (χ1) is 12.5. The van der Waals surface area contributed by atoms with E-state index in [2.05, 4.69) is 15.7 Å². The first-order valence-electron chi connectivity index (χ1n) is 8.18. The van der Waals surface area contributed by atoms with E-state index in [4.69, 9.17) is 27.9 Å². The lowest BCUT2D eigenvalue weighted by Crippen LogP contribution is -2.32. The van der Waals surface area contributed by atoms with Crippen molar-refractivity contribution in [2.45, 2.75) is 25.5 Å². The van der Waals surface area contributed by atoms with Gasteiger partial charge in [0.1, 0.15) is 0 Å². The highest BCUT2D eigenvalue weighted by Gasteiger charge is 2.16. The molecule has 0 saturated carbocycles. The first-order valence-corrected chi connectivity index (χ1v) is 8.94. The van der Waals surface area contributed by atoms with Crippen LogP contribution >= 0.6 is 23.2 Å². The lowest BCUT2D eigenvalue weighted by molar-refractivity contribution is -0.115. The average molecular weight is 397 g/mol. The number of anilines is 1. The number of halogens is 2. The Morgan fingerprint density at radius 2 is 2.15 bits per heavy atom. The number of hydrogen-bond acceptors (Lipinski definition) is 4. The molecule has 1 saturated heterocycles. The number of nitrogens with one attached hydrogen (secondary N) is 2. The molecule has 0 radical (unpaired) electrons. The minimum absolute atomic E-state index is 0.170. The van der Waals surface area contributed by atoms with E-state index < -0.39 is 5.91 Å². The highest BCUT2D eigenvalue weighted by atomic mass is 35.5. The number of carbonyl (C=O) groups is 2. The van der Waals surface area contributed by atoms with Crippen molar-refractivity contribution in [2.24, 2.45) is 0 Å². The van der Waals surface area contributed by atoms with Crippen LogP contribution in [0.5, 0.6) is 0 Å². The first kappa shape index (κ1) is 18.7. The molecule has 2 aromatic rings. The predicted molar refractivity (Wildman–Crippen MR) is 98.6 cm³/mol. The number of amides is 2. The number of aromatic nitrogens is 2. The molecule has 26 heavy (non-hydrogen) atoms. The fourth-order valence-corrected chi connectivity index (χ4v) is 2.93. The third-order valence-electron chi connectivity index (χ3n) is 3.92. The van der Waals surface area contributed by atoms with Gasteiger partial charge in [-0.05, 0) is 31.0 Å². The molecule has 1 aromatic carbocycles. The van der Waals surface area contributed by atoms with Gasteiger partial charge in [0.25, 0.3) is 5.91 Å². The van der Waals surface area contributed by atoms with Crippen LogP contribution < -0.4 is 10.6 Å². The summed E-state index contributed by atoms with van der Waals surface area (Å²) in [5, 5.41) is 10.1. The molecule has 138 valence electrons. The SMILES string of the molecule is O=C(CNC(=O)c1ccc(Cl)c(Cl)c1)Nc1cnn(CC2CCCO2)c1. The molecule has 0 spiro atoms. The Bertz CT molecular complexity index is 803. The van der Waals surface area contributed by atoms with Gasteiger partial charge in [-0.25, -0.2) is 0 Å². The van der Waals surface area contributed by atoms with E-state index in [1.54, 1.807) is 17.1 Å². The number of benzene rings is 1. The summed E-state index contributed by atoms with van der Waals surface area (Å²) >= 11 is 11.7. The predicted octanol–water partition coefficient (Wildman–Crippen LogP) is 2.74. The van der Waals surface area contributed by atoms with Gasteiger partial charge in [0.05, 0.1) is 41.1 Å². The summed E-state index contributed by atoms with van der Waals surface area (Å²) < 4.78 is 7.29. The Morgan fingerprint density at radius 3 is 2.88 bits per heavy atom. The second-order valence-corrected chi connectivity index (χ2v) is 6.76. The molecule has 2 heterocycles. The fraction of sp³-hybridized carbons (Fsp3) is 0.353. The smallest absolute Gasteiger partial charge is 0.251 e. The molecule has 1 atom stereocenters. The number of ether oxygens (including phenoxy) is 1. The monoisotopic (exact) mass is 396 g/mol. The number of hydrogen-bond donors (Lipinski definition) is 2. The van der Waals surface area contributed by atoms with E-state index >= 15 is 0 Å². The topological polar surface area (TPSA) is 85.3 Å². The molecule has 1 unspecified atom stereocenters. The Morgan fingerprint density at radius 1 is 1.31 bits per heavy atom. The van der Waals surface area contributed by atoms with Crippen molar-refractivity contribution in [3.63, 3.8) is 0 Å². The van der Waals surface area contributed by atoms with Crippen LogP contribution in [0.3, 0.4) is 0 Å². The maximum Gasteiger partial charge on any atom is 0.251 e. The second-order valence-electron chi connectivity index (χ2n) is 5.95. The zero-order chi connectivity index (χ0) is 18.5. The molecule has 9 heteroatoms. The fourth-order valence-electron chi connectivity index (χ4n) is 2.63. The van der Waals surface area contributed by atoms with Gasteiger partial charge in [-0.3, -0.25) is 14.3 Å². The van der Waals surface area contributed by atoms with Crippen LogP contribution in [0.25, 0.3) is 0 Å². The average Bonchev–Trinajstić information content (AvgIpc) is 3.28. The summed E-state index contributed by atoms with van der Waals surface area (Å²) in [6, 6.07) is 4.52. The molecule has 1 fully saturated rings. The largest absolute Gasteiger partial charge is 0.376 e. The minimum atomic E-state index is -0.409. The van der Waals surface area contributed by atoms with Crippen molar-refractivity contribution < 1.29 is 14.3 Å². The van der Waals surface area contributed by atoms with E-state index in [0.29, 0.717) is 22.8 Å². The van der Waals surface area contributed by atoms with Gasteiger partial charge in [-0.2, -0.15) is 5.10 Å². The number of carbonyl (C=O) groups excluding carboxylic acids is 2. The van der Waals surface area contributed by atoms with Crippen molar-refractivity contribution in [2.75, 3.05) is 18.5 Å². The van der Waals surface area contributed by atoms with Gasteiger partial charge in [-0.15, -0.1) is 0 Å². The maximum absolute atomic E-state index is 12.0. The Hall–Kier alpha value is -2.09. The Kier molecular flexibility index (Phi) is 6.13. The highest BCUT2D eigenvalue weighted by molar-refractivity contribution is 6.42. The molecular weight excluding hydrogens is 379 g/mol. The summed E-state index contributed by atoms with van der Waals surface area (Å²) in [6.07, 6.45) is 5.55. The van der Waals surface area contributed by atoms with Crippen LogP contribution in [0.15, 0.2) is 30.6 Å². The quantitative estimate of drug-likeness (QED) is 0.785. The van der Waals surface area contributed by atoms with E-state index in [-0.39, 0.29) is 23.6 Å². The Labute approximate surface area is 160 Å². The molecular formula is C17H18Cl2N4O3. The minimum Gasteiger partial charge on any atom is -0.376 e. The lowest BCUT2D eigenvalue weighted by Gasteiger charge is -2.08. The molecule has 1 aromatic heterocycles. The molecule has 1 aliphatic rings. The van der Waals surface area contributed by atoms with Gasteiger partial charge in [-0.1, -0.05) is 23.2 Å². The van der Waals surface area contributed by atoms with Crippen molar-refractivity contribution in [3.05, 3.63) is 46.2 Å². The van der Waals surface area contributed by atoms with Crippen LogP contribution in [0.4, 0.5) is 5.69 Å². The van der Waals surface area contributed by atoms with Crippen LogP contribution in [-0.2, 0) is 16.1 Å². The molecule has 1 aliphatic heterocycles. The summed E-state index contributed by atoms with van der Waals surface area (Å²) in [4.78, 5) is 24.0. The second kappa shape index (κ2) is 8.53. The zero-order valence-electron chi connectivity index (χ0n) is 13.9. The molecule has 0 aliphatic carbocycles. The molecule has 2 amide bonds. The number of nitrogens with zero attached hydrogens (tertiary/aromatic N) is 2. The lowest BCUT2D eigenvalue weighted by atomic mass is 10.2. The van der Waals surface area contributed by atoms with Crippen molar-refractivity contribution >= 4 is 40.7 Å². The van der Waals surface area contributed by atoms with E-state index in [0.717, 1.165) is 19.4 Å². The van der Waals surface area contributed by atoms with Crippen LogP contribution in [0.2, 0.25) is 10.0 Å². The van der Waals surface area contributed by atoms with Gasteiger partial charge >= 0.3 is 0 Å². The summed E-state index contributed by atoms with van der Waals surface area (Å²) in [5.74, 6) is -0.761. The van der Waals surface area contributed by atoms with Gasteiger partial charge in [0.2, 0.25) is 5.91 Å². The van der Waals surface area contributed by atoms with Crippen LogP contribution in [-0.4, -0.2) is 40.9 Å². The molecule has 2 N–H and O–H groups in total. The number of rotatable bonds is 6. The molecule has 7 nitrogen and oxygen atoms in total. The third kappa shape index (κ3) is 4.97. The van der Waals surface area contributed by atoms with Crippen molar-refractivity contribution in [3.8, 4) is 0 Å². The molecule has 0 bridgehead atoms. The van der Waals surface area contributed by atoms with Crippen LogP contribution in [0.1, 0.15) is 23.2 Å². The summed E-state index contributed by atoms with van der Waals surface area (Å²) in [7, 11) is 0. The van der Waals surface area contributed by atoms with E-state index in [1.165, 1.54) is 18.2 Å². The van der Waals surface area contributed by atoms with E-state index in [1.807, 2.05) is 0 Å². The van der Waals surface area contributed by atoms with Crippen molar-refractivity contribution in [1.29, 1.82) is 0 Å². The van der Waals surface area contributed by atoms with Gasteiger partial charge < -0.3 is 15.4 Å². The van der Waals surface area contributed by atoms with Gasteiger partial charge in [0.15, 0.2) is 0 Å². The van der Waals surface area contributed by atoms with Crippen LogP contribution in [0, 0.1) is 0 Å².